The van der Waals surface area contributed by atoms with E-state index in [1.807, 2.05) is 0 Å². The van der Waals surface area contributed by atoms with Gasteiger partial charge >= 0.3 is 0 Å². The molecule has 2 N–H and O–H groups in total. The highest BCUT2D eigenvalue weighted by atomic mass is 16.3. The van der Waals surface area contributed by atoms with Crippen LogP contribution < -0.4 is 4.90 Å². The molecule has 2 saturated heterocycles. The molecule has 0 bridgehead atoms. The molecule has 7 heteroatoms. The van der Waals surface area contributed by atoms with Gasteiger partial charge in [0, 0.05) is 50.0 Å². The van der Waals surface area contributed by atoms with Crippen molar-refractivity contribution in [2.75, 3.05) is 37.7 Å². The number of piperidine rings is 1. The van der Waals surface area contributed by atoms with Gasteiger partial charge in [0.2, 0.25) is 5.95 Å². The predicted octanol–water partition coefficient (Wildman–Crippen LogP) is 0.771. The maximum atomic E-state index is 13.2. The Morgan fingerprint density at radius 3 is 2.58 bits per heavy atom. The first kappa shape index (κ1) is 17.7. The number of rotatable bonds is 3. The van der Waals surface area contributed by atoms with Gasteiger partial charge in [-0.15, -0.1) is 0 Å². The summed E-state index contributed by atoms with van der Waals surface area (Å²) in [6.45, 7) is 2.69. The molecule has 0 radical (unpaired) electrons. The third-order valence-corrected chi connectivity index (χ3v) is 6.01. The molecule has 1 aliphatic carbocycles. The van der Waals surface area contributed by atoms with Crippen molar-refractivity contribution < 1.29 is 15.0 Å². The van der Waals surface area contributed by atoms with E-state index < -0.39 is 6.10 Å². The highest BCUT2D eigenvalue weighted by Crippen LogP contribution is 2.28. The Morgan fingerprint density at radius 2 is 1.85 bits per heavy atom. The number of nitrogens with zero attached hydrogens (tertiary/aromatic N) is 4. The van der Waals surface area contributed by atoms with Gasteiger partial charge in [-0.05, 0) is 44.9 Å². The van der Waals surface area contributed by atoms with Crippen LogP contribution in [0.3, 0.4) is 0 Å². The average Bonchev–Trinajstić information content (AvgIpc) is 3.21. The summed E-state index contributed by atoms with van der Waals surface area (Å²) in [5.74, 6) is 0.456. The second-order valence-corrected chi connectivity index (χ2v) is 7.75. The molecule has 0 saturated carbocycles. The molecule has 1 aromatic rings. The number of carbonyl (C=O) groups is 1. The zero-order valence-electron chi connectivity index (χ0n) is 15.2. The fraction of sp³-hybridized carbons (Fsp3) is 0.737. The monoisotopic (exact) mass is 360 g/mol. The van der Waals surface area contributed by atoms with E-state index in [-0.39, 0.29) is 25.0 Å². The van der Waals surface area contributed by atoms with Crippen molar-refractivity contribution in [3.8, 4) is 0 Å². The SMILES string of the molecule is O=C(c1nc(N2CCCC2)nc2c1CCCC2)N1CC[C@H](CO)[C@@H](O)C1. The minimum atomic E-state index is -0.673. The molecule has 3 heterocycles. The van der Waals surface area contributed by atoms with E-state index in [4.69, 9.17) is 9.97 Å². The van der Waals surface area contributed by atoms with E-state index in [1.165, 1.54) is 0 Å². The Bertz CT molecular complexity index is 675. The number of amides is 1. The lowest BCUT2D eigenvalue weighted by molar-refractivity contribution is 0.000596. The summed E-state index contributed by atoms with van der Waals surface area (Å²) in [5.41, 5.74) is 2.57. The number of aliphatic hydroxyl groups excluding tert-OH is 2. The summed E-state index contributed by atoms with van der Waals surface area (Å²) in [6, 6.07) is 0. The van der Waals surface area contributed by atoms with Crippen molar-refractivity contribution in [2.45, 2.75) is 51.0 Å². The highest BCUT2D eigenvalue weighted by molar-refractivity contribution is 5.94. The van der Waals surface area contributed by atoms with Crippen molar-refractivity contribution >= 4 is 11.9 Å². The molecule has 0 unspecified atom stereocenters. The van der Waals surface area contributed by atoms with Gasteiger partial charge in [0.05, 0.1) is 6.10 Å². The quantitative estimate of drug-likeness (QED) is 0.828. The predicted molar refractivity (Wildman–Crippen MR) is 97.2 cm³/mol. The zero-order valence-corrected chi connectivity index (χ0v) is 15.2. The minimum Gasteiger partial charge on any atom is -0.396 e. The normalized spacial score (nSPS) is 26.1. The summed E-state index contributed by atoms with van der Waals surface area (Å²) in [5, 5.41) is 19.5. The van der Waals surface area contributed by atoms with E-state index in [1.54, 1.807) is 4.90 Å². The van der Waals surface area contributed by atoms with Crippen molar-refractivity contribution in [1.82, 2.24) is 14.9 Å². The van der Waals surface area contributed by atoms with Crippen LogP contribution in [-0.4, -0.2) is 69.9 Å². The van der Waals surface area contributed by atoms with Gasteiger partial charge in [-0.2, -0.15) is 0 Å². The van der Waals surface area contributed by atoms with Crippen LogP contribution in [0.2, 0.25) is 0 Å². The van der Waals surface area contributed by atoms with Crippen LogP contribution in [0.4, 0.5) is 5.95 Å². The molecule has 1 amide bonds. The Hall–Kier alpha value is -1.73. The topological polar surface area (TPSA) is 89.8 Å². The second-order valence-electron chi connectivity index (χ2n) is 7.75. The van der Waals surface area contributed by atoms with Gasteiger partial charge in [-0.3, -0.25) is 4.79 Å². The van der Waals surface area contributed by atoms with Crippen molar-refractivity contribution in [3.05, 3.63) is 17.0 Å². The molecule has 0 spiro atoms. The van der Waals surface area contributed by atoms with Crippen LogP contribution in [0.5, 0.6) is 0 Å². The van der Waals surface area contributed by atoms with Gasteiger partial charge in [0.25, 0.3) is 5.91 Å². The van der Waals surface area contributed by atoms with Crippen LogP contribution in [0.1, 0.15) is 53.8 Å². The number of hydrogen-bond donors (Lipinski definition) is 2. The largest absolute Gasteiger partial charge is 0.396 e. The highest BCUT2D eigenvalue weighted by Gasteiger charge is 2.33. The van der Waals surface area contributed by atoms with Gasteiger partial charge in [-0.25, -0.2) is 9.97 Å². The van der Waals surface area contributed by atoms with E-state index >= 15 is 0 Å². The van der Waals surface area contributed by atoms with Gasteiger partial charge in [0.1, 0.15) is 5.69 Å². The van der Waals surface area contributed by atoms with E-state index in [2.05, 4.69) is 4.90 Å². The van der Waals surface area contributed by atoms with Crippen LogP contribution >= 0.6 is 0 Å². The Labute approximate surface area is 154 Å². The molecule has 1 aromatic heterocycles. The molecule has 0 aromatic carbocycles. The third-order valence-electron chi connectivity index (χ3n) is 6.01. The molecular weight excluding hydrogens is 332 g/mol. The number of β-amino-alcohol motifs (C(OH)–C–C–N with tert-alkyl or cyclic N) is 1. The fourth-order valence-electron chi connectivity index (χ4n) is 4.34. The molecule has 142 valence electrons. The maximum absolute atomic E-state index is 13.2. The standard InChI is InChI=1S/C19H28N4O3/c24-12-13-7-10-23(11-16(13)25)18(26)17-14-5-1-2-6-15(14)20-19(21-17)22-8-3-4-9-22/h13,16,24-25H,1-12H2/t13-,16+/m1/s1. The van der Waals surface area contributed by atoms with Gasteiger partial charge in [0.15, 0.2) is 0 Å². The summed E-state index contributed by atoms with van der Waals surface area (Å²) < 4.78 is 0. The molecule has 2 fully saturated rings. The van der Waals surface area contributed by atoms with E-state index in [0.717, 1.165) is 62.9 Å². The maximum Gasteiger partial charge on any atom is 0.273 e. The summed E-state index contributed by atoms with van der Waals surface area (Å²) >= 11 is 0. The number of aromatic nitrogens is 2. The third kappa shape index (κ3) is 3.30. The first-order chi connectivity index (χ1) is 12.7. The van der Waals surface area contributed by atoms with Gasteiger partial charge < -0.3 is 20.0 Å². The molecule has 7 nitrogen and oxygen atoms in total. The minimum absolute atomic E-state index is 0.0365. The smallest absolute Gasteiger partial charge is 0.273 e. The number of hydrogen-bond acceptors (Lipinski definition) is 6. The van der Waals surface area contributed by atoms with Crippen LogP contribution in [-0.2, 0) is 12.8 Å². The number of fused-ring (bicyclic) bond motifs is 1. The van der Waals surface area contributed by atoms with Crippen LogP contribution in [0.15, 0.2) is 0 Å². The Balaban J connectivity index is 1.63. The number of aliphatic hydroxyl groups is 2. The van der Waals surface area contributed by atoms with E-state index in [9.17, 15) is 15.0 Å². The number of anilines is 1. The molecule has 3 aliphatic rings. The number of carbonyl (C=O) groups excluding carboxylic acids is 1. The molecule has 26 heavy (non-hydrogen) atoms. The van der Waals surface area contributed by atoms with Gasteiger partial charge in [-0.1, -0.05) is 0 Å². The Morgan fingerprint density at radius 1 is 1.08 bits per heavy atom. The lowest BCUT2D eigenvalue weighted by Gasteiger charge is -2.35. The summed E-state index contributed by atoms with van der Waals surface area (Å²) in [4.78, 5) is 26.6. The lowest BCUT2D eigenvalue weighted by Crippen LogP contribution is -2.48. The number of aryl methyl sites for hydroxylation is 1. The molecule has 4 rings (SSSR count). The zero-order chi connectivity index (χ0) is 18.1. The first-order valence-corrected chi connectivity index (χ1v) is 9.90. The summed E-state index contributed by atoms with van der Waals surface area (Å²) in [7, 11) is 0. The summed E-state index contributed by atoms with van der Waals surface area (Å²) in [6.07, 6.45) is 6.17. The van der Waals surface area contributed by atoms with Crippen LogP contribution in [0, 0.1) is 5.92 Å². The molecular formula is C19H28N4O3. The van der Waals surface area contributed by atoms with Crippen LogP contribution in [0.25, 0.3) is 0 Å². The Kier molecular flexibility index (Phi) is 5.09. The first-order valence-electron chi connectivity index (χ1n) is 9.90. The molecule has 2 atom stereocenters. The van der Waals surface area contributed by atoms with Crippen molar-refractivity contribution in [3.63, 3.8) is 0 Å². The average molecular weight is 360 g/mol. The lowest BCUT2D eigenvalue weighted by atomic mass is 9.92. The fourth-order valence-corrected chi connectivity index (χ4v) is 4.34. The number of likely N-dealkylation sites (tertiary alicyclic amines) is 1. The van der Waals surface area contributed by atoms with E-state index in [0.29, 0.717) is 24.6 Å². The second kappa shape index (κ2) is 7.48. The van der Waals surface area contributed by atoms with Crippen molar-refractivity contribution in [1.29, 1.82) is 0 Å². The molecule has 2 aliphatic heterocycles. The van der Waals surface area contributed by atoms with Crippen molar-refractivity contribution in [2.24, 2.45) is 5.92 Å².